The van der Waals surface area contributed by atoms with Gasteiger partial charge < -0.3 is 9.47 Å². The molecule has 0 spiro atoms. The monoisotopic (exact) mass is 212 g/mol. The summed E-state index contributed by atoms with van der Waals surface area (Å²) in [6, 6.07) is 12.8. The van der Waals surface area contributed by atoms with Crippen LogP contribution in [0.2, 0.25) is 0 Å². The van der Waals surface area contributed by atoms with Crippen molar-refractivity contribution in [3.63, 3.8) is 0 Å². The minimum Gasteiger partial charge on any atom is -0.374 e. The Labute approximate surface area is 93.8 Å². The lowest BCUT2D eigenvalue weighted by molar-refractivity contribution is 0.103. The molecule has 0 aromatic heterocycles. The van der Waals surface area contributed by atoms with Gasteiger partial charge in [0, 0.05) is 0 Å². The summed E-state index contributed by atoms with van der Waals surface area (Å²) in [7, 11) is 0. The zero-order chi connectivity index (χ0) is 10.5. The van der Waals surface area contributed by atoms with Gasteiger partial charge in [-0.05, 0) is 21.9 Å². The predicted octanol–water partition coefficient (Wildman–Crippen LogP) is 2.81. The Bertz CT molecular complexity index is 562. The van der Waals surface area contributed by atoms with Crippen LogP contribution in [0.3, 0.4) is 0 Å². The maximum Gasteiger partial charge on any atom is 0.113 e. The smallest absolute Gasteiger partial charge is 0.113 e. The van der Waals surface area contributed by atoms with E-state index in [1.807, 2.05) is 0 Å². The highest BCUT2D eigenvalue weighted by Crippen LogP contribution is 2.45. The van der Waals surface area contributed by atoms with E-state index in [2.05, 4.69) is 36.4 Å². The zero-order valence-corrected chi connectivity index (χ0v) is 8.85. The third-order valence-electron chi connectivity index (χ3n) is 3.47. The summed E-state index contributed by atoms with van der Waals surface area (Å²) in [5.74, 6) is 0. The summed E-state index contributed by atoms with van der Waals surface area (Å²) in [6.45, 7) is 1.45. The summed E-state index contributed by atoms with van der Waals surface area (Å²) in [5, 5.41) is 2.61. The second-order valence-corrected chi connectivity index (χ2v) is 4.47. The van der Waals surface area contributed by atoms with E-state index in [-0.39, 0.29) is 12.2 Å². The van der Waals surface area contributed by atoms with Crippen molar-refractivity contribution in [3.8, 4) is 0 Å². The van der Waals surface area contributed by atoms with Crippen LogP contribution in [0.5, 0.6) is 0 Å². The summed E-state index contributed by atoms with van der Waals surface area (Å²) in [4.78, 5) is 0. The molecule has 16 heavy (non-hydrogen) atoms. The van der Waals surface area contributed by atoms with Crippen molar-refractivity contribution < 1.29 is 9.47 Å². The fraction of sp³-hybridized carbons (Fsp3) is 0.286. The standard InChI is InChI=1S/C14H12O2/c1-2-4-11-9(3-1)5-6-10-7-15-8-12-14(16-12)13(10)11/h1-6,12,14H,7-8H2. The van der Waals surface area contributed by atoms with Crippen molar-refractivity contribution in [2.24, 2.45) is 0 Å². The molecule has 0 aliphatic carbocycles. The van der Waals surface area contributed by atoms with E-state index < -0.39 is 0 Å². The van der Waals surface area contributed by atoms with Crippen molar-refractivity contribution in [2.75, 3.05) is 6.61 Å². The highest BCUT2D eigenvalue weighted by Gasteiger charge is 2.44. The number of fused-ring (bicyclic) bond motifs is 5. The van der Waals surface area contributed by atoms with Crippen LogP contribution >= 0.6 is 0 Å². The van der Waals surface area contributed by atoms with Gasteiger partial charge in [-0.25, -0.2) is 0 Å². The molecule has 2 aromatic rings. The van der Waals surface area contributed by atoms with E-state index in [4.69, 9.17) is 9.47 Å². The second-order valence-electron chi connectivity index (χ2n) is 4.47. The van der Waals surface area contributed by atoms with Crippen molar-refractivity contribution in [2.45, 2.75) is 18.8 Å². The first-order valence-electron chi connectivity index (χ1n) is 5.67. The molecular formula is C14H12O2. The Morgan fingerprint density at radius 2 is 2.00 bits per heavy atom. The first-order chi connectivity index (χ1) is 7.93. The van der Waals surface area contributed by atoms with Crippen molar-refractivity contribution >= 4 is 10.8 Å². The molecule has 2 heteroatoms. The summed E-state index contributed by atoms with van der Waals surface area (Å²) in [6.07, 6.45) is 0.552. The molecule has 2 aliphatic heterocycles. The normalized spacial score (nSPS) is 27.0. The van der Waals surface area contributed by atoms with E-state index >= 15 is 0 Å². The largest absolute Gasteiger partial charge is 0.374 e. The first kappa shape index (κ1) is 8.74. The molecule has 1 fully saturated rings. The van der Waals surface area contributed by atoms with Crippen molar-refractivity contribution in [1.82, 2.24) is 0 Å². The van der Waals surface area contributed by atoms with E-state index in [0.717, 1.165) is 13.2 Å². The summed E-state index contributed by atoms with van der Waals surface area (Å²) in [5.41, 5.74) is 2.63. The van der Waals surface area contributed by atoms with Crippen LogP contribution in [0.4, 0.5) is 0 Å². The predicted molar refractivity (Wildman–Crippen MR) is 61.2 cm³/mol. The Morgan fingerprint density at radius 1 is 1.06 bits per heavy atom. The number of benzene rings is 2. The van der Waals surface area contributed by atoms with Gasteiger partial charge in [-0.3, -0.25) is 0 Å². The molecule has 0 saturated carbocycles. The molecule has 4 rings (SSSR count). The molecule has 2 aliphatic rings. The molecule has 1 saturated heterocycles. The van der Waals surface area contributed by atoms with Gasteiger partial charge in [0.1, 0.15) is 12.2 Å². The van der Waals surface area contributed by atoms with Crippen LogP contribution in [-0.4, -0.2) is 12.7 Å². The van der Waals surface area contributed by atoms with Crippen LogP contribution in [0, 0.1) is 0 Å². The third kappa shape index (κ3) is 1.14. The van der Waals surface area contributed by atoms with Gasteiger partial charge in [-0.1, -0.05) is 36.4 Å². The number of hydrogen-bond donors (Lipinski definition) is 0. The molecule has 2 aromatic carbocycles. The van der Waals surface area contributed by atoms with Gasteiger partial charge in [0.15, 0.2) is 0 Å². The van der Waals surface area contributed by atoms with Gasteiger partial charge in [0.2, 0.25) is 0 Å². The number of ether oxygens (including phenoxy) is 2. The molecule has 0 bridgehead atoms. The Balaban J connectivity index is 2.04. The van der Waals surface area contributed by atoms with Gasteiger partial charge in [0.25, 0.3) is 0 Å². The minimum atomic E-state index is 0.267. The average molecular weight is 212 g/mol. The minimum absolute atomic E-state index is 0.267. The summed E-state index contributed by atoms with van der Waals surface area (Å²) >= 11 is 0. The molecular weight excluding hydrogens is 200 g/mol. The fourth-order valence-corrected chi connectivity index (χ4v) is 2.61. The van der Waals surface area contributed by atoms with Crippen molar-refractivity contribution in [1.29, 1.82) is 0 Å². The quantitative estimate of drug-likeness (QED) is 0.626. The van der Waals surface area contributed by atoms with Gasteiger partial charge in [0.05, 0.1) is 13.2 Å². The molecule has 2 unspecified atom stereocenters. The van der Waals surface area contributed by atoms with Gasteiger partial charge >= 0.3 is 0 Å². The number of epoxide rings is 1. The Kier molecular flexibility index (Phi) is 1.67. The van der Waals surface area contributed by atoms with E-state index in [1.54, 1.807) is 0 Å². The summed E-state index contributed by atoms with van der Waals surface area (Å²) < 4.78 is 11.3. The average Bonchev–Trinajstić information content (AvgIpc) is 3.07. The lowest BCUT2D eigenvalue weighted by Crippen LogP contribution is -1.98. The number of hydrogen-bond acceptors (Lipinski definition) is 2. The maximum atomic E-state index is 5.67. The van der Waals surface area contributed by atoms with Crippen LogP contribution in [-0.2, 0) is 16.1 Å². The molecule has 0 amide bonds. The van der Waals surface area contributed by atoms with Crippen LogP contribution in [0.15, 0.2) is 36.4 Å². The molecule has 2 heterocycles. The molecule has 0 radical (unpaired) electrons. The third-order valence-corrected chi connectivity index (χ3v) is 3.47. The molecule has 80 valence electrons. The fourth-order valence-electron chi connectivity index (χ4n) is 2.61. The molecule has 2 atom stereocenters. The second kappa shape index (κ2) is 3.06. The van der Waals surface area contributed by atoms with Crippen LogP contribution < -0.4 is 0 Å². The topological polar surface area (TPSA) is 21.8 Å². The zero-order valence-electron chi connectivity index (χ0n) is 8.85. The van der Waals surface area contributed by atoms with Crippen LogP contribution in [0.25, 0.3) is 10.8 Å². The lowest BCUT2D eigenvalue weighted by atomic mass is 9.96. The molecule has 2 nitrogen and oxygen atoms in total. The maximum absolute atomic E-state index is 5.67. The number of rotatable bonds is 0. The van der Waals surface area contributed by atoms with E-state index in [9.17, 15) is 0 Å². The highest BCUT2D eigenvalue weighted by molar-refractivity contribution is 5.87. The van der Waals surface area contributed by atoms with Gasteiger partial charge in [-0.2, -0.15) is 0 Å². The highest BCUT2D eigenvalue weighted by atomic mass is 16.6. The van der Waals surface area contributed by atoms with Crippen LogP contribution in [0.1, 0.15) is 17.2 Å². The van der Waals surface area contributed by atoms with E-state index in [0.29, 0.717) is 0 Å². The Morgan fingerprint density at radius 3 is 3.00 bits per heavy atom. The van der Waals surface area contributed by atoms with Gasteiger partial charge in [-0.15, -0.1) is 0 Å². The first-order valence-corrected chi connectivity index (χ1v) is 5.67. The van der Waals surface area contributed by atoms with Crippen molar-refractivity contribution in [3.05, 3.63) is 47.5 Å². The van der Waals surface area contributed by atoms with E-state index in [1.165, 1.54) is 21.9 Å². The molecule has 0 N–H and O–H groups in total. The lowest BCUT2D eigenvalue weighted by Gasteiger charge is -2.09. The Hall–Kier alpha value is -1.38. The SMILES string of the molecule is c1ccc2c3c(ccc2c1)COCC1OC31.